The van der Waals surface area contributed by atoms with E-state index in [2.05, 4.69) is 16.3 Å². The van der Waals surface area contributed by atoms with E-state index in [0.717, 1.165) is 46.6 Å². The summed E-state index contributed by atoms with van der Waals surface area (Å²) < 4.78 is 11.3. The standard InChI is InChI=1S/C23H25N3O3/c1-16-12-17(2)14-19(13-16)24-22(27)15-29-20-5-3-4-18-6-7-21(25-23(18)20)26-8-10-28-11-9-26/h3-7,12-14H,8-11,15H2,1-2H3,(H,24,27). The Kier molecular flexibility index (Phi) is 5.62. The van der Waals surface area contributed by atoms with Gasteiger partial charge in [0.15, 0.2) is 6.61 Å². The number of benzene rings is 2. The monoisotopic (exact) mass is 391 g/mol. The molecule has 1 aliphatic rings. The molecular weight excluding hydrogens is 366 g/mol. The number of amides is 1. The summed E-state index contributed by atoms with van der Waals surface area (Å²) in [4.78, 5) is 19.4. The lowest BCUT2D eigenvalue weighted by molar-refractivity contribution is -0.118. The van der Waals surface area contributed by atoms with Gasteiger partial charge < -0.3 is 19.7 Å². The van der Waals surface area contributed by atoms with Crippen molar-refractivity contribution >= 4 is 28.3 Å². The van der Waals surface area contributed by atoms with Crippen LogP contribution in [0.25, 0.3) is 10.9 Å². The molecule has 1 saturated heterocycles. The summed E-state index contributed by atoms with van der Waals surface area (Å²) in [7, 11) is 0. The minimum Gasteiger partial charge on any atom is -0.481 e. The Morgan fingerprint density at radius 3 is 2.62 bits per heavy atom. The number of aromatic nitrogens is 1. The highest BCUT2D eigenvalue weighted by atomic mass is 16.5. The van der Waals surface area contributed by atoms with E-state index in [1.165, 1.54) is 0 Å². The zero-order chi connectivity index (χ0) is 20.2. The molecule has 0 atom stereocenters. The first kappa shape index (κ1) is 19.2. The van der Waals surface area contributed by atoms with Crippen molar-refractivity contribution in [2.75, 3.05) is 43.1 Å². The first-order chi connectivity index (χ1) is 14.1. The fraction of sp³-hybridized carbons (Fsp3) is 0.304. The van der Waals surface area contributed by atoms with Crippen LogP contribution in [0.5, 0.6) is 5.75 Å². The number of nitrogens with zero attached hydrogens (tertiary/aromatic N) is 2. The summed E-state index contributed by atoms with van der Waals surface area (Å²) in [6.07, 6.45) is 0. The third kappa shape index (κ3) is 4.66. The lowest BCUT2D eigenvalue weighted by Crippen LogP contribution is -2.36. The van der Waals surface area contributed by atoms with E-state index >= 15 is 0 Å². The van der Waals surface area contributed by atoms with Crippen LogP contribution in [0.3, 0.4) is 0 Å². The third-order valence-electron chi connectivity index (χ3n) is 4.87. The van der Waals surface area contributed by atoms with Crippen LogP contribution in [0.15, 0.2) is 48.5 Å². The third-order valence-corrected chi connectivity index (χ3v) is 4.87. The first-order valence-electron chi connectivity index (χ1n) is 9.82. The van der Waals surface area contributed by atoms with Gasteiger partial charge >= 0.3 is 0 Å². The van der Waals surface area contributed by atoms with E-state index in [9.17, 15) is 4.79 Å². The Hall–Kier alpha value is -3.12. The number of nitrogens with one attached hydrogen (secondary N) is 1. The second-order valence-corrected chi connectivity index (χ2v) is 7.31. The maximum absolute atomic E-state index is 12.4. The molecule has 0 unspecified atom stereocenters. The zero-order valence-corrected chi connectivity index (χ0v) is 16.8. The van der Waals surface area contributed by atoms with Crippen LogP contribution in [-0.2, 0) is 9.53 Å². The van der Waals surface area contributed by atoms with E-state index < -0.39 is 0 Å². The van der Waals surface area contributed by atoms with Gasteiger partial charge in [0.25, 0.3) is 5.91 Å². The number of aryl methyl sites for hydroxylation is 2. The smallest absolute Gasteiger partial charge is 0.262 e. The highest BCUT2D eigenvalue weighted by Gasteiger charge is 2.14. The Morgan fingerprint density at radius 1 is 1.10 bits per heavy atom. The molecule has 1 N–H and O–H groups in total. The zero-order valence-electron chi connectivity index (χ0n) is 16.8. The number of anilines is 2. The average Bonchev–Trinajstić information content (AvgIpc) is 2.71. The molecule has 6 nitrogen and oxygen atoms in total. The number of hydrogen-bond donors (Lipinski definition) is 1. The predicted octanol–water partition coefficient (Wildman–Crippen LogP) is 3.71. The largest absolute Gasteiger partial charge is 0.481 e. The number of carbonyl (C=O) groups is 1. The molecule has 0 bridgehead atoms. The fourth-order valence-corrected chi connectivity index (χ4v) is 3.58. The van der Waals surface area contributed by atoms with Crippen molar-refractivity contribution in [2.24, 2.45) is 0 Å². The molecule has 1 aliphatic heterocycles. The molecular formula is C23H25N3O3. The molecule has 2 aromatic carbocycles. The van der Waals surface area contributed by atoms with E-state index in [1.54, 1.807) is 0 Å². The maximum Gasteiger partial charge on any atom is 0.262 e. The van der Waals surface area contributed by atoms with Gasteiger partial charge in [-0.25, -0.2) is 4.98 Å². The highest BCUT2D eigenvalue weighted by Crippen LogP contribution is 2.27. The SMILES string of the molecule is Cc1cc(C)cc(NC(=O)COc2cccc3ccc(N4CCOCC4)nc23)c1. The van der Waals surface area contributed by atoms with Crippen LogP contribution in [0.4, 0.5) is 11.5 Å². The molecule has 29 heavy (non-hydrogen) atoms. The van der Waals surface area contributed by atoms with Crippen molar-refractivity contribution in [3.63, 3.8) is 0 Å². The van der Waals surface area contributed by atoms with Gasteiger partial charge in [0.2, 0.25) is 0 Å². The number of carbonyl (C=O) groups excluding carboxylic acids is 1. The summed E-state index contributed by atoms with van der Waals surface area (Å²) in [5.41, 5.74) is 3.75. The fourth-order valence-electron chi connectivity index (χ4n) is 3.58. The minimum atomic E-state index is -0.198. The summed E-state index contributed by atoms with van der Waals surface area (Å²) in [5.74, 6) is 1.31. The van der Waals surface area contributed by atoms with Crippen LogP contribution >= 0.6 is 0 Å². The number of ether oxygens (including phenoxy) is 2. The number of morpholine rings is 1. The van der Waals surface area contributed by atoms with E-state index in [1.807, 2.05) is 56.3 Å². The minimum absolute atomic E-state index is 0.0738. The highest BCUT2D eigenvalue weighted by molar-refractivity contribution is 5.92. The van der Waals surface area contributed by atoms with Gasteiger partial charge in [-0.05, 0) is 55.3 Å². The lowest BCUT2D eigenvalue weighted by Gasteiger charge is -2.28. The Morgan fingerprint density at radius 2 is 1.86 bits per heavy atom. The van der Waals surface area contributed by atoms with Gasteiger partial charge in [0.1, 0.15) is 17.1 Å². The Labute approximate surface area is 170 Å². The molecule has 150 valence electrons. The number of pyridine rings is 1. The molecule has 6 heteroatoms. The molecule has 0 aliphatic carbocycles. The maximum atomic E-state index is 12.4. The van der Waals surface area contributed by atoms with Crippen LogP contribution < -0.4 is 15.0 Å². The number of para-hydroxylation sites is 1. The summed E-state index contributed by atoms with van der Waals surface area (Å²) in [5, 5.41) is 3.88. The van der Waals surface area contributed by atoms with Crippen molar-refractivity contribution in [1.82, 2.24) is 4.98 Å². The number of fused-ring (bicyclic) bond motifs is 1. The van der Waals surface area contributed by atoms with Crippen molar-refractivity contribution in [3.8, 4) is 5.75 Å². The average molecular weight is 391 g/mol. The number of rotatable bonds is 5. The topological polar surface area (TPSA) is 63.7 Å². The second-order valence-electron chi connectivity index (χ2n) is 7.31. The summed E-state index contributed by atoms with van der Waals surface area (Å²) >= 11 is 0. The molecule has 1 amide bonds. The molecule has 2 heterocycles. The van der Waals surface area contributed by atoms with Crippen molar-refractivity contribution in [2.45, 2.75) is 13.8 Å². The van der Waals surface area contributed by atoms with Gasteiger partial charge in [-0.3, -0.25) is 4.79 Å². The Balaban J connectivity index is 1.48. The molecule has 1 fully saturated rings. The first-order valence-corrected chi connectivity index (χ1v) is 9.82. The van der Waals surface area contributed by atoms with E-state index in [-0.39, 0.29) is 12.5 Å². The van der Waals surface area contributed by atoms with Crippen LogP contribution in [-0.4, -0.2) is 43.8 Å². The Bertz CT molecular complexity index is 1010. The van der Waals surface area contributed by atoms with Gasteiger partial charge in [-0.15, -0.1) is 0 Å². The summed E-state index contributed by atoms with van der Waals surface area (Å²) in [6, 6.07) is 15.8. The lowest BCUT2D eigenvalue weighted by atomic mass is 10.1. The summed E-state index contributed by atoms with van der Waals surface area (Å²) in [6.45, 7) is 6.99. The molecule has 4 rings (SSSR count). The second kappa shape index (κ2) is 8.49. The van der Waals surface area contributed by atoms with Crippen LogP contribution in [0, 0.1) is 13.8 Å². The number of hydrogen-bond acceptors (Lipinski definition) is 5. The van der Waals surface area contributed by atoms with Crippen molar-refractivity contribution in [1.29, 1.82) is 0 Å². The van der Waals surface area contributed by atoms with Gasteiger partial charge in [0.05, 0.1) is 13.2 Å². The van der Waals surface area contributed by atoms with E-state index in [4.69, 9.17) is 14.5 Å². The van der Waals surface area contributed by atoms with Gasteiger partial charge in [0, 0.05) is 24.2 Å². The quantitative estimate of drug-likeness (QED) is 0.718. The molecule has 0 spiro atoms. The van der Waals surface area contributed by atoms with Crippen molar-refractivity contribution in [3.05, 3.63) is 59.7 Å². The van der Waals surface area contributed by atoms with Crippen LogP contribution in [0.1, 0.15) is 11.1 Å². The van der Waals surface area contributed by atoms with Crippen LogP contribution in [0.2, 0.25) is 0 Å². The van der Waals surface area contributed by atoms with Gasteiger partial charge in [-0.1, -0.05) is 18.2 Å². The van der Waals surface area contributed by atoms with Gasteiger partial charge in [-0.2, -0.15) is 0 Å². The van der Waals surface area contributed by atoms with E-state index in [0.29, 0.717) is 19.0 Å². The molecule has 3 aromatic rings. The normalized spacial score (nSPS) is 14.1. The predicted molar refractivity (Wildman–Crippen MR) is 115 cm³/mol. The van der Waals surface area contributed by atoms with Crippen molar-refractivity contribution < 1.29 is 14.3 Å². The molecule has 0 radical (unpaired) electrons. The molecule has 0 saturated carbocycles. The molecule has 1 aromatic heterocycles.